The summed E-state index contributed by atoms with van der Waals surface area (Å²) in [6, 6.07) is 16.1. The third-order valence-electron chi connectivity index (χ3n) is 3.30. The molecule has 0 bridgehead atoms. The monoisotopic (exact) mass is 338 g/mol. The van der Waals surface area contributed by atoms with Gasteiger partial charge in [0.05, 0.1) is 28.8 Å². The summed E-state index contributed by atoms with van der Waals surface area (Å²) >= 11 is 5.94. The molecule has 6 heteroatoms. The first kappa shape index (κ1) is 17.5. The van der Waals surface area contributed by atoms with E-state index in [1.165, 1.54) is 0 Å². The van der Waals surface area contributed by atoms with E-state index < -0.39 is 0 Å². The number of nitriles is 2. The minimum Gasteiger partial charge on any atom is -0.325 e. The van der Waals surface area contributed by atoms with Crippen molar-refractivity contribution in [3.05, 3.63) is 64.2 Å². The standard InChI is InChI=1S/C18H15ClN4O/c1-23(11-14-4-2-3-13(7-14)9-20)12-18(24)22-16-6-5-15(10-21)17(19)8-16/h2-8H,11-12H2,1H3,(H,22,24). The summed E-state index contributed by atoms with van der Waals surface area (Å²) < 4.78 is 0. The van der Waals surface area contributed by atoms with Crippen LogP contribution < -0.4 is 5.32 Å². The van der Waals surface area contributed by atoms with Crippen molar-refractivity contribution in [1.82, 2.24) is 4.90 Å². The van der Waals surface area contributed by atoms with Gasteiger partial charge in [0.1, 0.15) is 6.07 Å². The first-order chi connectivity index (χ1) is 11.5. The minimum atomic E-state index is -0.185. The van der Waals surface area contributed by atoms with Gasteiger partial charge in [-0.15, -0.1) is 0 Å². The number of halogens is 1. The number of benzene rings is 2. The number of anilines is 1. The number of amides is 1. The number of likely N-dealkylation sites (N-methyl/N-ethyl adjacent to an activating group) is 1. The van der Waals surface area contributed by atoms with Crippen LogP contribution in [0.15, 0.2) is 42.5 Å². The maximum Gasteiger partial charge on any atom is 0.238 e. The summed E-state index contributed by atoms with van der Waals surface area (Å²) in [4.78, 5) is 13.9. The Labute approximate surface area is 145 Å². The van der Waals surface area contributed by atoms with Gasteiger partial charge in [-0.3, -0.25) is 9.69 Å². The summed E-state index contributed by atoms with van der Waals surface area (Å²) in [5, 5.41) is 20.8. The molecule has 0 aliphatic heterocycles. The van der Waals surface area contributed by atoms with Crippen LogP contribution in [0.2, 0.25) is 5.02 Å². The van der Waals surface area contributed by atoms with Gasteiger partial charge in [0.25, 0.3) is 0 Å². The second-order valence-electron chi connectivity index (χ2n) is 5.34. The molecule has 0 unspecified atom stereocenters. The Morgan fingerprint density at radius 3 is 2.67 bits per heavy atom. The Morgan fingerprint density at radius 2 is 2.00 bits per heavy atom. The number of carbonyl (C=O) groups is 1. The molecule has 0 atom stereocenters. The Hall–Kier alpha value is -2.86. The molecule has 0 radical (unpaired) electrons. The molecule has 0 fully saturated rings. The van der Waals surface area contributed by atoms with Crippen LogP contribution in [0.25, 0.3) is 0 Å². The third-order valence-corrected chi connectivity index (χ3v) is 3.61. The van der Waals surface area contributed by atoms with E-state index in [1.54, 1.807) is 30.3 Å². The lowest BCUT2D eigenvalue weighted by Gasteiger charge is -2.16. The summed E-state index contributed by atoms with van der Waals surface area (Å²) in [5.41, 5.74) is 2.47. The number of hydrogen-bond donors (Lipinski definition) is 1. The molecule has 24 heavy (non-hydrogen) atoms. The fourth-order valence-electron chi connectivity index (χ4n) is 2.24. The van der Waals surface area contributed by atoms with Crippen LogP contribution in [-0.2, 0) is 11.3 Å². The zero-order chi connectivity index (χ0) is 17.5. The SMILES string of the molecule is CN(CC(=O)Nc1ccc(C#N)c(Cl)c1)Cc1cccc(C#N)c1. The first-order valence-corrected chi connectivity index (χ1v) is 7.56. The van der Waals surface area contributed by atoms with E-state index in [0.29, 0.717) is 28.4 Å². The van der Waals surface area contributed by atoms with Crippen molar-refractivity contribution >= 4 is 23.2 Å². The Balaban J connectivity index is 1.93. The molecule has 0 heterocycles. The van der Waals surface area contributed by atoms with Gasteiger partial charge in [-0.1, -0.05) is 23.7 Å². The van der Waals surface area contributed by atoms with E-state index in [0.717, 1.165) is 5.56 Å². The van der Waals surface area contributed by atoms with Gasteiger partial charge in [0.15, 0.2) is 0 Å². The number of hydrogen-bond acceptors (Lipinski definition) is 4. The lowest BCUT2D eigenvalue weighted by Crippen LogP contribution is -2.29. The van der Waals surface area contributed by atoms with Gasteiger partial charge in [-0.25, -0.2) is 0 Å². The molecule has 0 aromatic heterocycles. The number of nitrogens with one attached hydrogen (secondary N) is 1. The van der Waals surface area contributed by atoms with Gasteiger partial charge in [0, 0.05) is 12.2 Å². The van der Waals surface area contributed by atoms with Crippen LogP contribution in [0.4, 0.5) is 5.69 Å². The predicted octanol–water partition coefficient (Wildman–Crippen LogP) is 3.15. The van der Waals surface area contributed by atoms with Crippen molar-refractivity contribution in [2.24, 2.45) is 0 Å². The lowest BCUT2D eigenvalue weighted by molar-refractivity contribution is -0.117. The van der Waals surface area contributed by atoms with Crippen molar-refractivity contribution in [3.8, 4) is 12.1 Å². The Kier molecular flexibility index (Phi) is 5.92. The number of carbonyl (C=O) groups excluding carboxylic acids is 1. The molecule has 0 aliphatic carbocycles. The highest BCUT2D eigenvalue weighted by atomic mass is 35.5. The van der Waals surface area contributed by atoms with Crippen LogP contribution in [0.3, 0.4) is 0 Å². The molecule has 2 aromatic carbocycles. The molecule has 0 saturated heterocycles. The highest BCUT2D eigenvalue weighted by Crippen LogP contribution is 2.20. The van der Waals surface area contributed by atoms with E-state index in [4.69, 9.17) is 22.1 Å². The maximum absolute atomic E-state index is 12.1. The fraction of sp³-hybridized carbons (Fsp3) is 0.167. The lowest BCUT2D eigenvalue weighted by atomic mass is 10.1. The van der Waals surface area contributed by atoms with E-state index in [2.05, 4.69) is 11.4 Å². The van der Waals surface area contributed by atoms with E-state index in [1.807, 2.05) is 30.1 Å². The molecule has 5 nitrogen and oxygen atoms in total. The third kappa shape index (κ3) is 4.82. The van der Waals surface area contributed by atoms with Crippen molar-refractivity contribution in [2.45, 2.75) is 6.54 Å². The smallest absolute Gasteiger partial charge is 0.238 e. The molecule has 1 amide bonds. The molecule has 2 rings (SSSR count). The molecule has 0 saturated carbocycles. The molecular weight excluding hydrogens is 324 g/mol. The van der Waals surface area contributed by atoms with E-state index >= 15 is 0 Å². The highest BCUT2D eigenvalue weighted by Gasteiger charge is 2.09. The molecule has 1 N–H and O–H groups in total. The van der Waals surface area contributed by atoms with E-state index in [9.17, 15) is 4.79 Å². The van der Waals surface area contributed by atoms with Crippen molar-refractivity contribution < 1.29 is 4.79 Å². The fourth-order valence-corrected chi connectivity index (χ4v) is 2.46. The van der Waals surface area contributed by atoms with Crippen LogP contribution in [0.5, 0.6) is 0 Å². The van der Waals surface area contributed by atoms with Crippen LogP contribution in [-0.4, -0.2) is 24.4 Å². The zero-order valence-electron chi connectivity index (χ0n) is 13.1. The maximum atomic E-state index is 12.1. The van der Waals surface area contributed by atoms with E-state index in [-0.39, 0.29) is 12.5 Å². The van der Waals surface area contributed by atoms with Crippen LogP contribution >= 0.6 is 11.6 Å². The normalized spacial score (nSPS) is 10.0. The second kappa shape index (κ2) is 8.12. The van der Waals surface area contributed by atoms with Gasteiger partial charge >= 0.3 is 0 Å². The first-order valence-electron chi connectivity index (χ1n) is 7.19. The molecular formula is C18H15ClN4O. The summed E-state index contributed by atoms with van der Waals surface area (Å²) in [6.45, 7) is 0.742. The zero-order valence-corrected chi connectivity index (χ0v) is 13.8. The van der Waals surface area contributed by atoms with Crippen molar-refractivity contribution in [1.29, 1.82) is 10.5 Å². The molecule has 0 aliphatic rings. The van der Waals surface area contributed by atoms with Crippen LogP contribution in [0, 0.1) is 22.7 Å². The van der Waals surface area contributed by atoms with Crippen LogP contribution in [0.1, 0.15) is 16.7 Å². The summed E-state index contributed by atoms with van der Waals surface area (Å²) in [6.07, 6.45) is 0. The Morgan fingerprint density at radius 1 is 1.21 bits per heavy atom. The van der Waals surface area contributed by atoms with Gasteiger partial charge in [-0.2, -0.15) is 10.5 Å². The average Bonchev–Trinajstić information content (AvgIpc) is 2.55. The van der Waals surface area contributed by atoms with Gasteiger partial charge in [-0.05, 0) is 42.9 Å². The predicted molar refractivity (Wildman–Crippen MR) is 92.3 cm³/mol. The summed E-state index contributed by atoms with van der Waals surface area (Å²) in [7, 11) is 1.82. The van der Waals surface area contributed by atoms with Gasteiger partial charge in [0.2, 0.25) is 5.91 Å². The van der Waals surface area contributed by atoms with Gasteiger partial charge < -0.3 is 5.32 Å². The number of nitrogens with zero attached hydrogens (tertiary/aromatic N) is 3. The molecule has 2 aromatic rings. The summed E-state index contributed by atoms with van der Waals surface area (Å²) in [5.74, 6) is -0.185. The second-order valence-corrected chi connectivity index (χ2v) is 5.75. The molecule has 0 spiro atoms. The number of rotatable bonds is 5. The quantitative estimate of drug-likeness (QED) is 0.908. The molecule has 120 valence electrons. The topological polar surface area (TPSA) is 79.9 Å². The Bertz CT molecular complexity index is 836. The highest BCUT2D eigenvalue weighted by molar-refractivity contribution is 6.32. The van der Waals surface area contributed by atoms with Crippen molar-refractivity contribution in [3.63, 3.8) is 0 Å². The minimum absolute atomic E-state index is 0.185. The van der Waals surface area contributed by atoms with Crippen molar-refractivity contribution in [2.75, 3.05) is 18.9 Å². The average molecular weight is 339 g/mol. The largest absolute Gasteiger partial charge is 0.325 e.